The van der Waals surface area contributed by atoms with E-state index in [1.807, 2.05) is 0 Å². The monoisotopic (exact) mass is 543 g/mol. The number of amides is 2. The number of carbonyl (C=O) groups excluding carboxylic acids is 2. The number of ether oxygens (including phenoxy) is 2. The van der Waals surface area contributed by atoms with E-state index in [2.05, 4.69) is 5.32 Å². The van der Waals surface area contributed by atoms with Crippen molar-refractivity contribution >= 4 is 50.7 Å². The average Bonchev–Trinajstić information content (AvgIpc) is 3.31. The molecule has 1 heterocycles. The van der Waals surface area contributed by atoms with Crippen molar-refractivity contribution in [3.8, 4) is 11.5 Å². The minimum atomic E-state index is -3.86. The van der Waals surface area contributed by atoms with Crippen LogP contribution in [-0.2, 0) is 26.2 Å². The fraction of sp³-hybridized carbons (Fsp3) is 0.391. The van der Waals surface area contributed by atoms with Crippen molar-refractivity contribution in [2.24, 2.45) is 0 Å². The average molecular weight is 544 g/mol. The third-order valence-corrected chi connectivity index (χ3v) is 7.94. The number of anilines is 1. The zero-order valence-electron chi connectivity index (χ0n) is 19.6. The van der Waals surface area contributed by atoms with Gasteiger partial charge in [-0.2, -0.15) is 0 Å². The van der Waals surface area contributed by atoms with Crippen molar-refractivity contribution in [2.45, 2.75) is 32.9 Å². The molecule has 0 aliphatic carbocycles. The molecule has 3 rings (SSSR count). The molecule has 0 radical (unpaired) electrons. The van der Waals surface area contributed by atoms with E-state index in [1.54, 1.807) is 37.3 Å². The summed E-state index contributed by atoms with van der Waals surface area (Å²) in [6, 6.07) is 8.64. The number of likely N-dealkylation sites (N-methyl/N-ethyl adjacent to an activating group) is 1. The molecule has 2 aromatic rings. The first-order chi connectivity index (χ1) is 16.6. The van der Waals surface area contributed by atoms with E-state index < -0.39 is 28.5 Å². The maximum absolute atomic E-state index is 13.6. The van der Waals surface area contributed by atoms with Crippen molar-refractivity contribution < 1.29 is 27.5 Å². The largest absolute Gasteiger partial charge is 0.454 e. The van der Waals surface area contributed by atoms with Crippen LogP contribution in [0.3, 0.4) is 0 Å². The van der Waals surface area contributed by atoms with E-state index in [0.717, 1.165) is 4.31 Å². The molecule has 0 aromatic heterocycles. The first-order valence-corrected chi connectivity index (χ1v) is 13.3. The molecule has 0 saturated heterocycles. The predicted molar refractivity (Wildman–Crippen MR) is 135 cm³/mol. The standard InChI is InChI=1S/C23H27Cl2N3O6S/c1-4-19(23(30)26-3)27(12-15-6-7-16(24)10-18(15)25)22(29)13-28(35(31,32)5-2)17-8-9-20-21(11-17)34-14-33-20/h6-11,19H,4-5,12-14H2,1-3H3,(H,26,30)/t19-/m1/s1. The van der Waals surface area contributed by atoms with Crippen molar-refractivity contribution in [2.75, 3.05) is 30.4 Å². The minimum absolute atomic E-state index is 0.0120. The zero-order chi connectivity index (χ0) is 25.8. The summed E-state index contributed by atoms with van der Waals surface area (Å²) >= 11 is 12.3. The Hall–Kier alpha value is -2.69. The van der Waals surface area contributed by atoms with Gasteiger partial charge in [0, 0.05) is 29.7 Å². The highest BCUT2D eigenvalue weighted by Gasteiger charge is 2.33. The number of nitrogens with zero attached hydrogens (tertiary/aromatic N) is 2. The maximum Gasteiger partial charge on any atom is 0.244 e. The fourth-order valence-electron chi connectivity index (χ4n) is 3.68. The van der Waals surface area contributed by atoms with E-state index in [1.165, 1.54) is 24.9 Å². The van der Waals surface area contributed by atoms with Crippen molar-refractivity contribution in [3.63, 3.8) is 0 Å². The number of carbonyl (C=O) groups is 2. The Morgan fingerprint density at radius 2 is 1.80 bits per heavy atom. The Morgan fingerprint density at radius 1 is 1.09 bits per heavy atom. The topological polar surface area (TPSA) is 105 Å². The summed E-state index contributed by atoms with van der Waals surface area (Å²) in [5, 5.41) is 3.32. The minimum Gasteiger partial charge on any atom is -0.454 e. The Labute approximate surface area is 214 Å². The lowest BCUT2D eigenvalue weighted by molar-refractivity contribution is -0.140. The normalized spacial score (nSPS) is 13.3. The molecular weight excluding hydrogens is 517 g/mol. The molecule has 9 nitrogen and oxygen atoms in total. The van der Waals surface area contributed by atoms with Crippen LogP contribution in [0.1, 0.15) is 25.8 Å². The summed E-state index contributed by atoms with van der Waals surface area (Å²) in [5.41, 5.74) is 0.821. The molecule has 12 heteroatoms. The van der Waals surface area contributed by atoms with Crippen LogP contribution >= 0.6 is 23.2 Å². The van der Waals surface area contributed by atoms with Crippen LogP contribution in [0.25, 0.3) is 0 Å². The first kappa shape index (κ1) is 26.9. The summed E-state index contributed by atoms with van der Waals surface area (Å²) < 4.78 is 37.7. The summed E-state index contributed by atoms with van der Waals surface area (Å²) in [6.45, 7) is 2.75. The van der Waals surface area contributed by atoms with Crippen molar-refractivity contribution in [3.05, 3.63) is 52.0 Å². The number of halogens is 2. The lowest BCUT2D eigenvalue weighted by atomic mass is 10.1. The van der Waals surface area contributed by atoms with Crippen molar-refractivity contribution in [1.82, 2.24) is 10.2 Å². The SMILES string of the molecule is CC[C@H](C(=O)NC)N(Cc1ccc(Cl)cc1Cl)C(=O)CN(c1ccc2c(c1)OCO2)S(=O)(=O)CC. The Morgan fingerprint density at radius 3 is 2.43 bits per heavy atom. The molecule has 35 heavy (non-hydrogen) atoms. The second-order valence-corrected chi connectivity index (χ2v) is 10.8. The van der Waals surface area contributed by atoms with Crippen LogP contribution < -0.4 is 19.1 Å². The van der Waals surface area contributed by atoms with Gasteiger partial charge in [0.2, 0.25) is 28.6 Å². The van der Waals surface area contributed by atoms with Crippen molar-refractivity contribution in [1.29, 1.82) is 0 Å². The van der Waals surface area contributed by atoms with Gasteiger partial charge in [-0.05, 0) is 43.2 Å². The van der Waals surface area contributed by atoms with Gasteiger partial charge in [0.1, 0.15) is 12.6 Å². The molecule has 190 valence electrons. The van der Waals surface area contributed by atoms with Crippen LogP contribution in [0.4, 0.5) is 5.69 Å². The summed E-state index contributed by atoms with van der Waals surface area (Å²) in [6.07, 6.45) is 0.307. The van der Waals surface area contributed by atoms with Crippen LogP contribution in [-0.4, -0.2) is 57.3 Å². The van der Waals surface area contributed by atoms with Gasteiger partial charge >= 0.3 is 0 Å². The molecule has 0 spiro atoms. The molecule has 0 saturated carbocycles. The van der Waals surface area contributed by atoms with Crippen LogP contribution in [0.2, 0.25) is 10.0 Å². The van der Waals surface area contributed by atoms with Gasteiger partial charge in [0.05, 0.1) is 11.4 Å². The highest BCUT2D eigenvalue weighted by molar-refractivity contribution is 7.92. The number of rotatable bonds is 10. The Kier molecular flexibility index (Phi) is 8.74. The number of benzene rings is 2. The molecule has 1 aliphatic rings. The molecule has 1 aliphatic heterocycles. The smallest absolute Gasteiger partial charge is 0.244 e. The second-order valence-electron chi connectivity index (χ2n) is 7.74. The summed E-state index contributed by atoms with van der Waals surface area (Å²) in [7, 11) is -2.38. The quantitative estimate of drug-likeness (QED) is 0.492. The van der Waals surface area contributed by atoms with Crippen LogP contribution in [0, 0.1) is 0 Å². The van der Waals surface area contributed by atoms with E-state index in [4.69, 9.17) is 32.7 Å². The Bertz CT molecular complexity index is 1210. The zero-order valence-corrected chi connectivity index (χ0v) is 21.9. The lowest BCUT2D eigenvalue weighted by Crippen LogP contribution is -2.52. The fourth-order valence-corrected chi connectivity index (χ4v) is 5.20. The third kappa shape index (κ3) is 6.12. The molecule has 1 N–H and O–H groups in total. The molecular formula is C23H27Cl2N3O6S. The first-order valence-electron chi connectivity index (χ1n) is 11.0. The summed E-state index contributed by atoms with van der Waals surface area (Å²) in [5.74, 6) is -0.309. The predicted octanol–water partition coefficient (Wildman–Crippen LogP) is 3.43. The van der Waals surface area contributed by atoms with E-state index >= 15 is 0 Å². The molecule has 2 aromatic carbocycles. The van der Waals surface area contributed by atoms with Gasteiger partial charge in [-0.15, -0.1) is 0 Å². The molecule has 2 amide bonds. The van der Waals surface area contributed by atoms with Gasteiger partial charge in [0.15, 0.2) is 11.5 Å². The number of sulfonamides is 1. The van der Waals surface area contributed by atoms with Gasteiger partial charge in [-0.25, -0.2) is 8.42 Å². The number of nitrogens with one attached hydrogen (secondary N) is 1. The van der Waals surface area contributed by atoms with E-state index in [9.17, 15) is 18.0 Å². The van der Waals surface area contributed by atoms with E-state index in [0.29, 0.717) is 33.5 Å². The summed E-state index contributed by atoms with van der Waals surface area (Å²) in [4.78, 5) is 27.6. The highest BCUT2D eigenvalue weighted by atomic mass is 35.5. The van der Waals surface area contributed by atoms with E-state index in [-0.39, 0.29) is 30.7 Å². The lowest BCUT2D eigenvalue weighted by Gasteiger charge is -2.33. The van der Waals surface area contributed by atoms with Gasteiger partial charge in [-0.3, -0.25) is 13.9 Å². The van der Waals surface area contributed by atoms with Gasteiger partial charge in [-0.1, -0.05) is 36.2 Å². The highest BCUT2D eigenvalue weighted by Crippen LogP contribution is 2.36. The van der Waals surface area contributed by atoms with Crippen LogP contribution in [0.5, 0.6) is 11.5 Å². The molecule has 0 unspecified atom stereocenters. The number of fused-ring (bicyclic) bond motifs is 1. The van der Waals surface area contributed by atoms with Gasteiger partial charge in [0.25, 0.3) is 0 Å². The number of hydrogen-bond acceptors (Lipinski definition) is 6. The molecule has 0 fully saturated rings. The van der Waals surface area contributed by atoms with Crippen LogP contribution in [0.15, 0.2) is 36.4 Å². The maximum atomic E-state index is 13.6. The second kappa shape index (κ2) is 11.4. The number of hydrogen-bond donors (Lipinski definition) is 1. The third-order valence-electron chi connectivity index (χ3n) is 5.61. The molecule has 0 bridgehead atoms. The van der Waals surface area contributed by atoms with Gasteiger partial charge < -0.3 is 19.7 Å². The Balaban J connectivity index is 1.99. The molecule has 1 atom stereocenters.